The second kappa shape index (κ2) is 10.8. The quantitative estimate of drug-likeness (QED) is 0.292. The Hall–Kier alpha value is -1.32. The summed E-state index contributed by atoms with van der Waals surface area (Å²) in [6, 6.07) is 0. The van der Waals surface area contributed by atoms with Gasteiger partial charge in [0, 0.05) is 19.1 Å². The van der Waals surface area contributed by atoms with E-state index < -0.39 is 17.9 Å². The van der Waals surface area contributed by atoms with Crippen LogP contribution in [0.4, 0.5) is 0 Å². The van der Waals surface area contributed by atoms with E-state index in [4.69, 9.17) is 20.1 Å². The average Bonchev–Trinajstić information content (AvgIpc) is 2.01. The second-order valence-electron chi connectivity index (χ2n) is 2.05. The molecule has 0 aliphatic carbocycles. The van der Waals surface area contributed by atoms with Crippen LogP contribution in [0.15, 0.2) is 0 Å². The van der Waals surface area contributed by atoms with Crippen molar-refractivity contribution in [3.8, 4) is 0 Å². The Morgan fingerprint density at radius 1 is 1.00 bits per heavy atom. The summed E-state index contributed by atoms with van der Waals surface area (Å²) < 4.78 is 4.77. The van der Waals surface area contributed by atoms with Gasteiger partial charge in [0.2, 0.25) is 0 Å². The lowest BCUT2D eigenvalue weighted by molar-refractivity contribution is -0.136. The third kappa shape index (κ3) is 32.4. The molecule has 0 atom stereocenters. The molecule has 0 aliphatic rings. The number of hydrogen-bond donors (Lipinski definition) is 5. The van der Waals surface area contributed by atoms with E-state index in [1.807, 2.05) is 0 Å². The zero-order valence-electron chi connectivity index (χ0n) is 7.89. The van der Waals surface area contributed by atoms with E-state index in [9.17, 15) is 9.59 Å². The first-order chi connectivity index (χ1) is 6.86. The molecule has 0 aliphatic heterocycles. The maximum absolute atomic E-state index is 9.88. The number of nitrogens with one attached hydrogen (secondary N) is 2. The van der Waals surface area contributed by atoms with Crippen molar-refractivity contribution >= 4 is 30.0 Å². The molecule has 0 rings (SSSR count). The topological polar surface area (TPSA) is 136 Å². The summed E-state index contributed by atoms with van der Waals surface area (Å²) in [4.78, 5) is 28.8. The van der Waals surface area contributed by atoms with Crippen molar-refractivity contribution < 1.29 is 29.7 Å². The van der Waals surface area contributed by atoms with Gasteiger partial charge in [-0.15, -0.1) is 0 Å². The first-order valence-electron chi connectivity index (χ1n) is 3.61. The molecule has 88 valence electrons. The third-order valence-corrected chi connectivity index (χ3v) is 1.17. The fourth-order valence-corrected chi connectivity index (χ4v) is 0.740. The highest BCUT2D eigenvalue weighted by Gasteiger charge is 1.96. The molecule has 15 heavy (non-hydrogen) atoms. The first-order valence-corrected chi connectivity index (χ1v) is 4.42. The summed E-state index contributed by atoms with van der Waals surface area (Å²) in [5, 5.41) is 23.6. The van der Waals surface area contributed by atoms with Gasteiger partial charge in [-0.25, -0.2) is 9.44 Å². The van der Waals surface area contributed by atoms with Crippen LogP contribution in [0.3, 0.4) is 0 Å². The third-order valence-electron chi connectivity index (χ3n) is 0.591. The maximum atomic E-state index is 9.88. The molecule has 0 aromatic heterocycles. The molecule has 0 aromatic rings. The van der Waals surface area contributed by atoms with Crippen molar-refractivity contribution in [2.45, 2.75) is 6.92 Å². The van der Waals surface area contributed by atoms with E-state index >= 15 is 0 Å². The summed E-state index contributed by atoms with van der Waals surface area (Å²) in [5.74, 6) is -2.82. The van der Waals surface area contributed by atoms with Crippen molar-refractivity contribution in [3.05, 3.63) is 0 Å². The Balaban J connectivity index is 0. The molecule has 0 radical (unpaired) electrons. The zero-order chi connectivity index (χ0) is 12.3. The minimum absolute atomic E-state index is 0.211. The predicted molar refractivity (Wildman–Crippen MR) is 52.2 cm³/mol. The number of carboxylic acids is 3. The zero-order valence-corrected chi connectivity index (χ0v) is 8.71. The molecule has 0 saturated heterocycles. The van der Waals surface area contributed by atoms with Gasteiger partial charge in [0.25, 0.3) is 5.97 Å². The Kier molecular flexibility index (Phi) is 11.6. The van der Waals surface area contributed by atoms with Gasteiger partial charge >= 0.3 is 11.9 Å². The Labute approximate surface area is 89.9 Å². The van der Waals surface area contributed by atoms with Crippen LogP contribution in [-0.2, 0) is 14.4 Å². The molecule has 0 bridgehead atoms. The van der Waals surface area contributed by atoms with Gasteiger partial charge in [-0.3, -0.25) is 14.4 Å². The fourth-order valence-electron chi connectivity index (χ4n) is 0.247. The summed E-state index contributed by atoms with van der Waals surface area (Å²) in [6.45, 7) is 0.661. The van der Waals surface area contributed by atoms with Crippen LogP contribution in [0.25, 0.3) is 0 Å². The van der Waals surface area contributed by atoms with E-state index in [1.54, 1.807) is 0 Å². The van der Waals surface area contributed by atoms with E-state index in [0.29, 0.717) is 0 Å². The molecule has 8 nitrogen and oxygen atoms in total. The predicted octanol–water partition coefficient (Wildman–Crippen LogP) is -1.01. The Bertz CT molecular complexity index is 202. The van der Waals surface area contributed by atoms with Crippen molar-refractivity contribution in [3.63, 3.8) is 0 Å². The van der Waals surface area contributed by atoms with Crippen molar-refractivity contribution in [2.75, 3.05) is 13.1 Å². The SMILES string of the molecule is CC(=O)O.O=C(O)CNSNCC(=O)O. The van der Waals surface area contributed by atoms with E-state index in [2.05, 4.69) is 9.44 Å². The van der Waals surface area contributed by atoms with Gasteiger partial charge in [0.1, 0.15) is 13.1 Å². The van der Waals surface area contributed by atoms with Crippen LogP contribution in [-0.4, -0.2) is 46.3 Å². The lowest BCUT2D eigenvalue weighted by Crippen LogP contribution is -2.23. The highest BCUT2D eigenvalue weighted by Crippen LogP contribution is 1.81. The Morgan fingerprint density at radius 2 is 1.27 bits per heavy atom. The van der Waals surface area contributed by atoms with Gasteiger partial charge < -0.3 is 15.3 Å². The van der Waals surface area contributed by atoms with E-state index in [-0.39, 0.29) is 13.1 Å². The fraction of sp³-hybridized carbons (Fsp3) is 0.500. The maximum Gasteiger partial charge on any atom is 0.318 e. The average molecular weight is 240 g/mol. The molecule has 0 heterocycles. The summed E-state index contributed by atoms with van der Waals surface area (Å²) in [5.41, 5.74) is 0. The second-order valence-corrected chi connectivity index (χ2v) is 2.83. The molecule has 0 saturated carbocycles. The number of aliphatic carboxylic acids is 3. The van der Waals surface area contributed by atoms with Crippen LogP contribution in [0.2, 0.25) is 0 Å². The van der Waals surface area contributed by atoms with Gasteiger partial charge in [-0.05, 0) is 0 Å². The summed E-state index contributed by atoms with van der Waals surface area (Å²) >= 11 is 0.848. The number of carboxylic acid groups (broad SMARTS) is 3. The molecule has 0 aromatic carbocycles. The lowest BCUT2D eigenvalue weighted by Gasteiger charge is -1.98. The minimum Gasteiger partial charge on any atom is -0.481 e. The van der Waals surface area contributed by atoms with Gasteiger partial charge in [-0.2, -0.15) is 0 Å². The largest absolute Gasteiger partial charge is 0.481 e. The van der Waals surface area contributed by atoms with E-state index in [1.165, 1.54) is 0 Å². The first kappa shape index (κ1) is 16.1. The summed E-state index contributed by atoms with van der Waals surface area (Å²) in [7, 11) is 0. The standard InChI is InChI=1S/C4H8N2O4S.C2H4O2/c7-3(8)1-5-11-6-2-4(9)10;1-2(3)4/h5-6H,1-2H2,(H,7,8)(H,9,10);1H3,(H,3,4). The molecule has 9 heteroatoms. The molecule has 0 unspecified atom stereocenters. The Morgan fingerprint density at radius 3 is 1.47 bits per heavy atom. The molecule has 5 N–H and O–H groups in total. The molecule has 0 spiro atoms. The monoisotopic (exact) mass is 240 g/mol. The van der Waals surface area contributed by atoms with Crippen LogP contribution in [0.5, 0.6) is 0 Å². The highest BCUT2D eigenvalue weighted by atomic mass is 32.2. The van der Waals surface area contributed by atoms with Crippen LogP contribution in [0.1, 0.15) is 6.92 Å². The number of hydrogen-bond acceptors (Lipinski definition) is 6. The lowest BCUT2D eigenvalue weighted by atomic mass is 10.7. The van der Waals surface area contributed by atoms with E-state index in [0.717, 1.165) is 19.1 Å². The van der Waals surface area contributed by atoms with Gasteiger partial charge in [0.15, 0.2) is 0 Å². The number of rotatable bonds is 6. The normalized spacial score (nSPS) is 8.60. The van der Waals surface area contributed by atoms with Gasteiger partial charge in [0.05, 0.1) is 0 Å². The molecular formula is C6H12N2O6S. The van der Waals surface area contributed by atoms with Crippen LogP contribution >= 0.6 is 12.1 Å². The van der Waals surface area contributed by atoms with Crippen molar-refractivity contribution in [1.29, 1.82) is 0 Å². The minimum atomic E-state index is -0.991. The number of carbonyl (C=O) groups is 3. The molecule has 0 fully saturated rings. The van der Waals surface area contributed by atoms with Crippen LogP contribution in [0, 0.1) is 0 Å². The highest BCUT2D eigenvalue weighted by molar-refractivity contribution is 7.95. The molecular weight excluding hydrogens is 228 g/mol. The van der Waals surface area contributed by atoms with Crippen molar-refractivity contribution in [2.24, 2.45) is 0 Å². The molecule has 0 amide bonds. The van der Waals surface area contributed by atoms with Crippen molar-refractivity contribution in [1.82, 2.24) is 9.44 Å². The van der Waals surface area contributed by atoms with Crippen LogP contribution < -0.4 is 9.44 Å². The summed E-state index contributed by atoms with van der Waals surface area (Å²) in [6.07, 6.45) is 0. The smallest absolute Gasteiger partial charge is 0.318 e. The van der Waals surface area contributed by atoms with Gasteiger partial charge in [-0.1, -0.05) is 0 Å².